The molecule has 9 aromatic carbocycles. The van der Waals surface area contributed by atoms with Gasteiger partial charge in [-0.05, 0) is 181 Å². The Morgan fingerprint density at radius 1 is 0.198 bits per heavy atom. The van der Waals surface area contributed by atoms with Crippen molar-refractivity contribution in [2.24, 2.45) is 0 Å². The average molecular weight is 1570 g/mol. The zero-order chi connectivity index (χ0) is 69.1. The maximum atomic E-state index is 11.6. The van der Waals surface area contributed by atoms with Gasteiger partial charge in [0.1, 0.15) is 30.4 Å². The molecule has 0 aromatic heterocycles. The Balaban J connectivity index is 0.000000302. The van der Waals surface area contributed by atoms with Gasteiger partial charge in [0.15, 0.2) is 0 Å². The third-order valence-corrected chi connectivity index (χ3v) is 27.1. The van der Waals surface area contributed by atoms with Gasteiger partial charge in [-0.2, -0.15) is 50.5 Å². The summed E-state index contributed by atoms with van der Waals surface area (Å²) in [4.78, 5) is -4.08. The fraction of sp³-hybridized carbons (Fsp3) is 0. The van der Waals surface area contributed by atoms with Crippen molar-refractivity contribution in [1.29, 1.82) is 0 Å². The first-order valence-corrected chi connectivity index (χ1v) is 41.7. The summed E-state index contributed by atoms with van der Waals surface area (Å²) >= 11 is 0. The molecule has 0 radical (unpaired) electrons. The van der Waals surface area contributed by atoms with Gasteiger partial charge in [-0.3, -0.25) is 27.3 Å². The van der Waals surface area contributed by atoms with Crippen molar-refractivity contribution < 1.29 is 205 Å². The Bertz CT molecular complexity index is 4410. The fourth-order valence-electron chi connectivity index (χ4n) is 8.37. The first-order valence-electron chi connectivity index (χ1n) is 24.8. The van der Waals surface area contributed by atoms with E-state index < -0.39 is 159 Å². The molecule has 9 rings (SSSR count). The summed E-state index contributed by atoms with van der Waals surface area (Å²) in [5.41, 5.74) is 0. The van der Waals surface area contributed by atoms with E-state index in [2.05, 4.69) is 0 Å². The van der Waals surface area contributed by atoms with E-state index in [1.165, 1.54) is 146 Å². The van der Waals surface area contributed by atoms with Gasteiger partial charge < -0.3 is 13.7 Å². The van der Waals surface area contributed by atoms with Crippen LogP contribution in [0.1, 0.15) is 0 Å². The molecular weight excluding hydrogens is 1530 g/mol. The third kappa shape index (κ3) is 23.2. The molecule has 0 bridgehead atoms. The SMILES string of the molecule is O=S(=O)([O-])c1cccc(P(c2cccc(S(=O)(=O)O)c2)c2cccc(S(=O)(=O)O)c2)c1.O=S(=O)([O-])c1cccc(P(c2cccc(S(=O)(=O)O)c2)c2cccc(S(=O)(=O)O)c2)c1.O=S(=O)([O-])c1cccc(P(c2cccc(S(=O)(=O)O)c2)c2cccc(S(=O)(=O)O)c2)c1.[Na+].[Na+].[Na+]. The van der Waals surface area contributed by atoms with Crippen LogP contribution >= 0.6 is 23.8 Å². The van der Waals surface area contributed by atoms with Crippen LogP contribution in [0.4, 0.5) is 0 Å². The maximum Gasteiger partial charge on any atom is 1.00 e. The molecular formula is C54H42Na3O27P3S9. The van der Waals surface area contributed by atoms with Crippen LogP contribution in [0.3, 0.4) is 0 Å². The van der Waals surface area contributed by atoms with E-state index >= 15 is 0 Å². The molecule has 0 aliphatic heterocycles. The van der Waals surface area contributed by atoms with E-state index in [9.17, 15) is 117 Å². The summed E-state index contributed by atoms with van der Waals surface area (Å²) < 4.78 is 299. The number of hydrogen-bond donors (Lipinski definition) is 6. The van der Waals surface area contributed by atoms with Gasteiger partial charge in [0.2, 0.25) is 0 Å². The van der Waals surface area contributed by atoms with Crippen LogP contribution in [-0.2, 0) is 91.1 Å². The van der Waals surface area contributed by atoms with E-state index in [1.54, 1.807) is 0 Å². The van der Waals surface area contributed by atoms with E-state index in [1.807, 2.05) is 0 Å². The van der Waals surface area contributed by atoms with E-state index in [4.69, 9.17) is 0 Å². The van der Waals surface area contributed by atoms with Gasteiger partial charge in [-0.25, -0.2) is 25.3 Å². The smallest absolute Gasteiger partial charge is 0.744 e. The molecule has 0 saturated carbocycles. The van der Waals surface area contributed by atoms with Gasteiger partial charge in [-0.15, -0.1) is 0 Å². The van der Waals surface area contributed by atoms with Gasteiger partial charge in [0.25, 0.3) is 60.7 Å². The normalized spacial score (nSPS) is 12.4. The van der Waals surface area contributed by atoms with Crippen LogP contribution in [0.5, 0.6) is 0 Å². The molecule has 0 saturated heterocycles. The predicted molar refractivity (Wildman–Crippen MR) is 338 cm³/mol. The number of rotatable bonds is 18. The maximum absolute atomic E-state index is 11.6. The van der Waals surface area contributed by atoms with Crippen molar-refractivity contribution in [3.8, 4) is 0 Å². The zero-order valence-electron chi connectivity index (χ0n) is 49.1. The van der Waals surface area contributed by atoms with Gasteiger partial charge in [0, 0.05) is 0 Å². The van der Waals surface area contributed by atoms with E-state index in [0.717, 1.165) is 72.8 Å². The topological polar surface area (TPSA) is 498 Å². The van der Waals surface area contributed by atoms with Crippen molar-refractivity contribution >= 4 is 163 Å². The second-order valence-electron chi connectivity index (χ2n) is 18.7. The van der Waals surface area contributed by atoms with Crippen LogP contribution in [0.2, 0.25) is 0 Å². The third-order valence-electron chi connectivity index (χ3n) is 12.3. The van der Waals surface area contributed by atoms with Gasteiger partial charge in [0.05, 0.1) is 44.1 Å². The van der Waals surface area contributed by atoms with Gasteiger partial charge in [-0.1, -0.05) is 109 Å². The molecule has 0 aliphatic carbocycles. The minimum Gasteiger partial charge on any atom is -0.744 e. The van der Waals surface area contributed by atoms with Crippen LogP contribution < -0.4 is 136 Å². The largest absolute Gasteiger partial charge is 1.00 e. The molecule has 0 fully saturated rings. The zero-order valence-corrected chi connectivity index (χ0v) is 65.1. The van der Waals surface area contributed by atoms with Crippen molar-refractivity contribution in [2.45, 2.75) is 44.1 Å². The van der Waals surface area contributed by atoms with Crippen LogP contribution in [-0.4, -0.2) is 117 Å². The molecule has 9 aromatic rings. The first kappa shape index (κ1) is 84.9. The Labute approximate surface area is 622 Å². The van der Waals surface area contributed by atoms with Crippen LogP contribution in [0.15, 0.2) is 262 Å². The molecule has 0 spiro atoms. The molecule has 42 heteroatoms. The van der Waals surface area contributed by atoms with Crippen molar-refractivity contribution in [2.75, 3.05) is 0 Å². The molecule has 0 heterocycles. The Morgan fingerprint density at radius 2 is 0.302 bits per heavy atom. The monoisotopic (exact) mass is 1570 g/mol. The van der Waals surface area contributed by atoms with Crippen molar-refractivity contribution in [3.63, 3.8) is 0 Å². The second kappa shape index (κ2) is 33.5. The predicted octanol–water partition coefficient (Wildman–Crippen LogP) is -6.46. The van der Waals surface area contributed by atoms with Crippen LogP contribution in [0.25, 0.3) is 0 Å². The molecule has 0 atom stereocenters. The molecule has 96 heavy (non-hydrogen) atoms. The fourth-order valence-corrected chi connectivity index (χ4v) is 21.1. The average Bonchev–Trinajstić information content (AvgIpc) is 0.794. The summed E-state index contributed by atoms with van der Waals surface area (Å²) in [6, 6.07) is 46.3. The standard InChI is InChI=1S/3C18H15O9PS3.3Na/c3*19-29(20,21)16-7-1-4-13(10-16)28(14-5-2-8-17(11-14)30(22,23)24)15-6-3-9-18(12-15)31(25,26)27;;;/h3*1-12H,(H,19,20,21)(H,22,23,24)(H,25,26,27);;;/q;;;3*+1/p-3. The summed E-state index contributed by atoms with van der Waals surface area (Å²) in [7, 11) is -47.1. The minimum absolute atomic E-state index is 0. The number of benzene rings is 9. The summed E-state index contributed by atoms with van der Waals surface area (Å²) in [6.45, 7) is 0. The summed E-state index contributed by atoms with van der Waals surface area (Å²) in [5, 5.41) is 2.80. The molecule has 0 amide bonds. The molecule has 492 valence electrons. The van der Waals surface area contributed by atoms with E-state index in [0.29, 0.717) is 47.7 Å². The summed E-state index contributed by atoms with van der Waals surface area (Å²) in [5.74, 6) is 0. The molecule has 27 nitrogen and oxygen atoms in total. The summed E-state index contributed by atoms with van der Waals surface area (Å²) in [6.07, 6.45) is 0. The van der Waals surface area contributed by atoms with Gasteiger partial charge >= 0.3 is 88.7 Å². The number of hydrogen-bond acceptors (Lipinski definition) is 21. The minimum atomic E-state index is -4.80. The molecule has 0 unspecified atom stereocenters. The van der Waals surface area contributed by atoms with E-state index in [-0.39, 0.29) is 88.7 Å². The Morgan fingerprint density at radius 3 is 0.406 bits per heavy atom. The Hall–Kier alpha value is -3.54. The second-order valence-corrected chi connectivity index (χ2v) is 38.0. The molecule has 6 N–H and O–H groups in total. The van der Waals surface area contributed by atoms with Crippen LogP contribution in [0, 0.1) is 0 Å². The molecule has 0 aliphatic rings. The van der Waals surface area contributed by atoms with Crippen molar-refractivity contribution in [3.05, 3.63) is 218 Å². The Kier molecular flexibility index (Phi) is 29.6. The first-order chi connectivity index (χ1) is 42.8. The quantitative estimate of drug-likeness (QED) is 0.0264. The van der Waals surface area contributed by atoms with Crippen molar-refractivity contribution in [1.82, 2.24) is 0 Å².